The molecule has 0 bridgehead atoms. The van der Waals surface area contributed by atoms with E-state index in [1.807, 2.05) is 54.7 Å². The smallest absolute Gasteiger partial charge is 0.323 e. The lowest BCUT2D eigenvalue weighted by molar-refractivity contribution is -0.382. The normalized spacial score (nSPS) is 15.1. The third-order valence-electron chi connectivity index (χ3n) is 6.45. The van der Waals surface area contributed by atoms with E-state index in [0.29, 0.717) is 16.9 Å². The quantitative estimate of drug-likeness (QED) is 0.264. The average Bonchev–Trinajstić information content (AvgIpc) is 3.19. The van der Waals surface area contributed by atoms with E-state index in [2.05, 4.69) is 32.0 Å². The number of nitro groups is 1. The SMILES string of the molecule is CC(c1cccnc1)N(c1ccccc1)c1cc(N2CCCCCC2)c([N+](=O)[O-])c2nonc12. The molecule has 9 heteroatoms. The lowest BCUT2D eigenvalue weighted by Crippen LogP contribution is -2.26. The van der Waals surface area contributed by atoms with Crippen molar-refractivity contribution in [1.29, 1.82) is 0 Å². The minimum absolute atomic E-state index is 0.0519. The number of hydrogen-bond donors (Lipinski definition) is 0. The molecule has 2 aromatic heterocycles. The Morgan fingerprint density at radius 2 is 1.76 bits per heavy atom. The number of benzene rings is 2. The van der Waals surface area contributed by atoms with Gasteiger partial charge in [-0.25, -0.2) is 4.63 Å². The maximum atomic E-state index is 12.2. The molecule has 1 aliphatic heterocycles. The molecule has 4 aromatic rings. The molecule has 2 aromatic carbocycles. The van der Waals surface area contributed by atoms with Gasteiger partial charge in [0.15, 0.2) is 5.52 Å². The highest BCUT2D eigenvalue weighted by atomic mass is 16.6. The Labute approximate surface area is 197 Å². The second kappa shape index (κ2) is 9.46. The van der Waals surface area contributed by atoms with Crippen LogP contribution in [0.3, 0.4) is 0 Å². The zero-order chi connectivity index (χ0) is 23.5. The first-order valence-electron chi connectivity index (χ1n) is 11.6. The number of aromatic nitrogens is 3. The summed E-state index contributed by atoms with van der Waals surface area (Å²) in [6.45, 7) is 3.61. The van der Waals surface area contributed by atoms with Gasteiger partial charge in [0.25, 0.3) is 0 Å². The molecule has 9 nitrogen and oxygen atoms in total. The van der Waals surface area contributed by atoms with Gasteiger partial charge in [-0.05, 0) is 59.9 Å². The number of anilines is 3. The van der Waals surface area contributed by atoms with Crippen LogP contribution in [0.2, 0.25) is 0 Å². The van der Waals surface area contributed by atoms with Crippen LogP contribution in [0.5, 0.6) is 0 Å². The summed E-state index contributed by atoms with van der Waals surface area (Å²) in [6.07, 6.45) is 7.82. The summed E-state index contributed by atoms with van der Waals surface area (Å²) in [7, 11) is 0. The van der Waals surface area contributed by atoms with E-state index in [1.165, 1.54) is 0 Å². The summed E-state index contributed by atoms with van der Waals surface area (Å²) in [6, 6.07) is 15.6. The van der Waals surface area contributed by atoms with Crippen LogP contribution in [0.15, 0.2) is 65.6 Å². The highest BCUT2D eigenvalue weighted by Crippen LogP contribution is 2.45. The number of nitrogens with zero attached hydrogens (tertiary/aromatic N) is 6. The number of hydrogen-bond acceptors (Lipinski definition) is 8. The molecule has 1 saturated heterocycles. The van der Waals surface area contributed by atoms with Crippen molar-refractivity contribution < 1.29 is 9.55 Å². The number of nitro benzene ring substituents is 1. The van der Waals surface area contributed by atoms with Crippen LogP contribution in [0.1, 0.15) is 44.2 Å². The molecule has 34 heavy (non-hydrogen) atoms. The predicted molar refractivity (Wildman–Crippen MR) is 130 cm³/mol. The molecular weight excluding hydrogens is 432 g/mol. The van der Waals surface area contributed by atoms with Gasteiger partial charge >= 0.3 is 5.69 Å². The summed E-state index contributed by atoms with van der Waals surface area (Å²) in [4.78, 5) is 20.4. The molecule has 0 radical (unpaired) electrons. The Bertz CT molecular complexity index is 1270. The van der Waals surface area contributed by atoms with Crippen molar-refractivity contribution in [2.24, 2.45) is 0 Å². The summed E-state index contributed by atoms with van der Waals surface area (Å²) in [5.41, 5.74) is 3.69. The van der Waals surface area contributed by atoms with Crippen molar-refractivity contribution in [3.8, 4) is 0 Å². The van der Waals surface area contributed by atoms with Gasteiger partial charge in [0.05, 0.1) is 16.7 Å². The van der Waals surface area contributed by atoms with Crippen LogP contribution >= 0.6 is 0 Å². The first-order valence-corrected chi connectivity index (χ1v) is 11.6. The lowest BCUT2D eigenvalue weighted by Gasteiger charge is -2.33. The maximum absolute atomic E-state index is 12.2. The first kappa shape index (κ1) is 21.8. The summed E-state index contributed by atoms with van der Waals surface area (Å²) in [5, 5.41) is 20.3. The highest BCUT2D eigenvalue weighted by molar-refractivity contribution is 6.01. The molecule has 0 spiro atoms. The fourth-order valence-electron chi connectivity index (χ4n) is 4.75. The monoisotopic (exact) mass is 458 g/mol. The lowest BCUT2D eigenvalue weighted by atomic mass is 10.0. The predicted octanol–water partition coefficient (Wildman–Crippen LogP) is 5.81. The number of para-hydroxylation sites is 1. The van der Waals surface area contributed by atoms with E-state index in [-0.39, 0.29) is 22.2 Å². The average molecular weight is 459 g/mol. The molecule has 0 saturated carbocycles. The first-order chi connectivity index (χ1) is 16.6. The van der Waals surface area contributed by atoms with E-state index in [1.54, 1.807) is 6.20 Å². The van der Waals surface area contributed by atoms with E-state index >= 15 is 0 Å². The van der Waals surface area contributed by atoms with Crippen LogP contribution in [0.25, 0.3) is 11.0 Å². The van der Waals surface area contributed by atoms with Gasteiger partial charge in [-0.3, -0.25) is 15.1 Å². The molecule has 3 heterocycles. The van der Waals surface area contributed by atoms with E-state index in [0.717, 1.165) is 50.0 Å². The Kier molecular flexibility index (Phi) is 6.07. The number of fused-ring (bicyclic) bond motifs is 1. The van der Waals surface area contributed by atoms with Crippen LogP contribution < -0.4 is 9.80 Å². The topological polar surface area (TPSA) is 101 Å². The van der Waals surface area contributed by atoms with Crippen molar-refractivity contribution in [3.05, 3.63) is 76.6 Å². The Balaban J connectivity index is 1.75. The van der Waals surface area contributed by atoms with Gasteiger partial charge in [0.1, 0.15) is 5.69 Å². The highest BCUT2D eigenvalue weighted by Gasteiger charge is 2.32. The van der Waals surface area contributed by atoms with E-state index in [9.17, 15) is 10.1 Å². The van der Waals surface area contributed by atoms with Crippen molar-refractivity contribution in [3.63, 3.8) is 0 Å². The van der Waals surface area contributed by atoms with Crippen molar-refractivity contribution in [2.45, 2.75) is 38.6 Å². The fraction of sp³-hybridized carbons (Fsp3) is 0.320. The Morgan fingerprint density at radius 3 is 2.44 bits per heavy atom. The molecule has 5 rings (SSSR count). The molecule has 1 atom stereocenters. The summed E-state index contributed by atoms with van der Waals surface area (Å²) in [5.74, 6) is 0. The fourth-order valence-corrected chi connectivity index (χ4v) is 4.75. The van der Waals surface area contributed by atoms with Crippen molar-refractivity contribution >= 4 is 33.8 Å². The summed E-state index contributed by atoms with van der Waals surface area (Å²) >= 11 is 0. The van der Waals surface area contributed by atoms with Gasteiger partial charge in [0.2, 0.25) is 5.52 Å². The standard InChI is InChI=1S/C25H26N6O3/c1-18(19-10-9-13-26-17-19)30(20-11-5-4-6-12-20)21-16-22(29-14-7-2-3-8-15-29)25(31(32)33)24-23(21)27-34-28-24/h4-6,9-13,16-18H,2-3,7-8,14-15H2,1H3. The summed E-state index contributed by atoms with van der Waals surface area (Å²) < 4.78 is 5.07. The van der Waals surface area contributed by atoms with E-state index < -0.39 is 0 Å². The maximum Gasteiger partial charge on any atom is 0.323 e. The van der Waals surface area contributed by atoms with Crippen LogP contribution in [0.4, 0.5) is 22.7 Å². The van der Waals surface area contributed by atoms with Gasteiger partial charge in [-0.1, -0.05) is 37.1 Å². The molecule has 1 aliphatic rings. The Morgan fingerprint density at radius 1 is 1.03 bits per heavy atom. The minimum Gasteiger partial charge on any atom is -0.366 e. The molecule has 174 valence electrons. The van der Waals surface area contributed by atoms with E-state index in [4.69, 9.17) is 4.63 Å². The van der Waals surface area contributed by atoms with Crippen LogP contribution in [-0.4, -0.2) is 33.3 Å². The third kappa shape index (κ3) is 4.05. The third-order valence-corrected chi connectivity index (χ3v) is 6.45. The molecule has 1 fully saturated rings. The van der Waals surface area contributed by atoms with Gasteiger partial charge in [0, 0.05) is 31.2 Å². The van der Waals surface area contributed by atoms with Crippen LogP contribution in [0, 0.1) is 10.1 Å². The van der Waals surface area contributed by atoms with Gasteiger partial charge in [-0.15, -0.1) is 0 Å². The zero-order valence-electron chi connectivity index (χ0n) is 19.0. The molecule has 0 N–H and O–H groups in total. The molecule has 0 aliphatic carbocycles. The largest absolute Gasteiger partial charge is 0.366 e. The van der Waals surface area contributed by atoms with Crippen LogP contribution in [-0.2, 0) is 0 Å². The van der Waals surface area contributed by atoms with Gasteiger partial charge < -0.3 is 9.80 Å². The molecular formula is C25H26N6O3. The van der Waals surface area contributed by atoms with Gasteiger partial charge in [-0.2, -0.15) is 0 Å². The molecule has 1 unspecified atom stereocenters. The van der Waals surface area contributed by atoms with Crippen molar-refractivity contribution in [2.75, 3.05) is 22.9 Å². The van der Waals surface area contributed by atoms with Crippen molar-refractivity contribution in [1.82, 2.24) is 15.3 Å². The second-order valence-electron chi connectivity index (χ2n) is 8.55. The minimum atomic E-state index is -0.367. The second-order valence-corrected chi connectivity index (χ2v) is 8.55. The number of rotatable bonds is 6. The Hall–Kier alpha value is -4.01. The number of pyridine rings is 1. The molecule has 0 amide bonds. The zero-order valence-corrected chi connectivity index (χ0v) is 19.0.